The van der Waals surface area contributed by atoms with E-state index in [0.717, 1.165) is 43.9 Å². The molecule has 2 aromatic rings. The lowest BCUT2D eigenvalue weighted by atomic mass is 10.1. The Bertz CT molecular complexity index is 586. The zero-order chi connectivity index (χ0) is 16.5. The Kier molecular flexibility index (Phi) is 6.75. The second-order valence-corrected chi connectivity index (χ2v) is 5.65. The van der Waals surface area contributed by atoms with Gasteiger partial charge in [0.25, 0.3) is 0 Å². The Morgan fingerprint density at radius 2 is 1.83 bits per heavy atom. The standard InChI is InChI=1S/C17H24FN5/c1-23(2)13-3-10-20-17-21-12-9-16(22-17)19-11-8-14-4-6-15(18)7-5-14/h4-7,9,12H,3,8,10-11,13H2,1-2H3,(H2,19,20,21,22). The van der Waals surface area contributed by atoms with Crippen molar-refractivity contribution >= 4 is 11.8 Å². The number of hydrogen-bond acceptors (Lipinski definition) is 5. The third kappa shape index (κ3) is 6.61. The van der Waals surface area contributed by atoms with Gasteiger partial charge in [-0.1, -0.05) is 12.1 Å². The lowest BCUT2D eigenvalue weighted by Gasteiger charge is -2.10. The molecule has 0 saturated carbocycles. The molecule has 1 heterocycles. The van der Waals surface area contributed by atoms with Crippen LogP contribution >= 0.6 is 0 Å². The molecule has 1 aromatic heterocycles. The van der Waals surface area contributed by atoms with Crippen molar-refractivity contribution < 1.29 is 4.39 Å². The Balaban J connectivity index is 1.74. The van der Waals surface area contributed by atoms with Gasteiger partial charge in [-0.25, -0.2) is 9.37 Å². The molecule has 23 heavy (non-hydrogen) atoms. The Morgan fingerprint density at radius 3 is 2.57 bits per heavy atom. The van der Waals surface area contributed by atoms with Gasteiger partial charge in [0, 0.05) is 19.3 Å². The molecule has 0 bridgehead atoms. The van der Waals surface area contributed by atoms with E-state index in [-0.39, 0.29) is 5.82 Å². The summed E-state index contributed by atoms with van der Waals surface area (Å²) < 4.78 is 12.8. The van der Waals surface area contributed by atoms with Gasteiger partial charge in [-0.3, -0.25) is 0 Å². The summed E-state index contributed by atoms with van der Waals surface area (Å²) in [6.45, 7) is 2.61. The lowest BCUT2D eigenvalue weighted by molar-refractivity contribution is 0.405. The van der Waals surface area contributed by atoms with Crippen molar-refractivity contribution in [1.82, 2.24) is 14.9 Å². The summed E-state index contributed by atoms with van der Waals surface area (Å²) in [6, 6.07) is 8.41. The Labute approximate surface area is 137 Å². The quantitative estimate of drug-likeness (QED) is 0.696. The van der Waals surface area contributed by atoms with Crippen molar-refractivity contribution in [2.45, 2.75) is 12.8 Å². The van der Waals surface area contributed by atoms with E-state index in [1.54, 1.807) is 18.3 Å². The van der Waals surface area contributed by atoms with Crippen LogP contribution in [0, 0.1) is 5.82 Å². The minimum absolute atomic E-state index is 0.206. The van der Waals surface area contributed by atoms with E-state index in [9.17, 15) is 4.39 Å². The molecule has 0 spiro atoms. The summed E-state index contributed by atoms with van der Waals surface area (Å²) in [7, 11) is 4.12. The summed E-state index contributed by atoms with van der Waals surface area (Å²) in [5.41, 5.74) is 1.09. The Morgan fingerprint density at radius 1 is 1.04 bits per heavy atom. The van der Waals surface area contributed by atoms with Gasteiger partial charge >= 0.3 is 0 Å². The molecule has 0 aliphatic carbocycles. The molecule has 124 valence electrons. The number of nitrogens with zero attached hydrogens (tertiary/aromatic N) is 3. The van der Waals surface area contributed by atoms with Gasteiger partial charge in [0.1, 0.15) is 11.6 Å². The fourth-order valence-corrected chi connectivity index (χ4v) is 2.12. The van der Waals surface area contributed by atoms with Gasteiger partial charge in [-0.15, -0.1) is 0 Å². The highest BCUT2D eigenvalue weighted by atomic mass is 19.1. The van der Waals surface area contributed by atoms with E-state index < -0.39 is 0 Å². The number of anilines is 2. The van der Waals surface area contributed by atoms with Crippen LogP contribution in [0.15, 0.2) is 36.5 Å². The zero-order valence-electron chi connectivity index (χ0n) is 13.7. The number of benzene rings is 1. The molecule has 0 unspecified atom stereocenters. The van der Waals surface area contributed by atoms with E-state index in [0.29, 0.717) is 5.95 Å². The third-order valence-electron chi connectivity index (χ3n) is 3.35. The second-order valence-electron chi connectivity index (χ2n) is 5.65. The van der Waals surface area contributed by atoms with E-state index in [2.05, 4.69) is 39.6 Å². The molecule has 0 aliphatic rings. The van der Waals surface area contributed by atoms with Crippen LogP contribution in [0.25, 0.3) is 0 Å². The average Bonchev–Trinajstić information content (AvgIpc) is 2.54. The summed E-state index contributed by atoms with van der Waals surface area (Å²) in [6.07, 6.45) is 3.59. The van der Waals surface area contributed by atoms with Crippen LogP contribution in [-0.2, 0) is 6.42 Å². The molecule has 0 atom stereocenters. The molecule has 0 aliphatic heterocycles. The monoisotopic (exact) mass is 317 g/mol. The fraction of sp³-hybridized carbons (Fsp3) is 0.412. The number of hydrogen-bond donors (Lipinski definition) is 2. The molecule has 2 rings (SSSR count). The summed E-state index contributed by atoms with van der Waals surface area (Å²) in [5, 5.41) is 6.49. The van der Waals surface area contributed by atoms with Crippen molar-refractivity contribution in [2.75, 3.05) is 44.4 Å². The largest absolute Gasteiger partial charge is 0.370 e. The smallest absolute Gasteiger partial charge is 0.224 e. The summed E-state index contributed by atoms with van der Waals surface area (Å²) >= 11 is 0. The zero-order valence-corrected chi connectivity index (χ0v) is 13.7. The molecule has 0 saturated heterocycles. The minimum atomic E-state index is -0.206. The van der Waals surface area contributed by atoms with Gasteiger partial charge < -0.3 is 15.5 Å². The molecule has 0 fully saturated rings. The maximum atomic E-state index is 12.8. The van der Waals surface area contributed by atoms with Crippen LogP contribution < -0.4 is 10.6 Å². The molecule has 6 heteroatoms. The van der Waals surface area contributed by atoms with Gasteiger partial charge in [-0.05, 0) is 57.2 Å². The van der Waals surface area contributed by atoms with E-state index in [1.165, 1.54) is 12.1 Å². The van der Waals surface area contributed by atoms with Crippen LogP contribution in [0.1, 0.15) is 12.0 Å². The highest BCUT2D eigenvalue weighted by molar-refractivity contribution is 5.39. The SMILES string of the molecule is CN(C)CCCNc1nccc(NCCc2ccc(F)cc2)n1. The topological polar surface area (TPSA) is 53.1 Å². The normalized spacial score (nSPS) is 10.8. The maximum absolute atomic E-state index is 12.8. The van der Waals surface area contributed by atoms with Crippen molar-refractivity contribution in [1.29, 1.82) is 0 Å². The molecule has 0 radical (unpaired) electrons. The van der Waals surface area contributed by atoms with Gasteiger partial charge in [0.15, 0.2) is 0 Å². The predicted molar refractivity (Wildman–Crippen MR) is 92.3 cm³/mol. The minimum Gasteiger partial charge on any atom is -0.370 e. The Hall–Kier alpha value is -2.21. The van der Waals surface area contributed by atoms with Crippen molar-refractivity contribution in [3.8, 4) is 0 Å². The number of aromatic nitrogens is 2. The second kappa shape index (κ2) is 9.05. The van der Waals surface area contributed by atoms with Crippen LogP contribution in [-0.4, -0.2) is 48.6 Å². The molecule has 5 nitrogen and oxygen atoms in total. The van der Waals surface area contributed by atoms with Gasteiger partial charge in [0.05, 0.1) is 0 Å². The molecular weight excluding hydrogens is 293 g/mol. The number of nitrogens with one attached hydrogen (secondary N) is 2. The first kappa shape index (κ1) is 17.1. The molecular formula is C17H24FN5. The van der Waals surface area contributed by atoms with Crippen molar-refractivity contribution in [3.05, 3.63) is 47.9 Å². The first-order valence-corrected chi connectivity index (χ1v) is 7.83. The average molecular weight is 317 g/mol. The highest BCUT2D eigenvalue weighted by Crippen LogP contribution is 2.07. The molecule has 2 N–H and O–H groups in total. The van der Waals surface area contributed by atoms with Gasteiger partial charge in [0.2, 0.25) is 5.95 Å². The first-order chi connectivity index (χ1) is 11.1. The number of rotatable bonds is 9. The van der Waals surface area contributed by atoms with Crippen molar-refractivity contribution in [2.24, 2.45) is 0 Å². The maximum Gasteiger partial charge on any atom is 0.224 e. The van der Waals surface area contributed by atoms with Crippen LogP contribution in [0.5, 0.6) is 0 Å². The lowest BCUT2D eigenvalue weighted by Crippen LogP contribution is -2.17. The van der Waals surface area contributed by atoms with Crippen molar-refractivity contribution in [3.63, 3.8) is 0 Å². The number of halogens is 1. The molecule has 0 amide bonds. The van der Waals surface area contributed by atoms with Crippen LogP contribution in [0.2, 0.25) is 0 Å². The van der Waals surface area contributed by atoms with E-state index in [1.807, 2.05) is 6.07 Å². The van der Waals surface area contributed by atoms with E-state index >= 15 is 0 Å². The fourth-order valence-electron chi connectivity index (χ4n) is 2.12. The summed E-state index contributed by atoms with van der Waals surface area (Å²) in [4.78, 5) is 10.8. The predicted octanol–water partition coefficient (Wildman–Crippen LogP) is 2.63. The van der Waals surface area contributed by atoms with Gasteiger partial charge in [-0.2, -0.15) is 4.98 Å². The third-order valence-corrected chi connectivity index (χ3v) is 3.35. The highest BCUT2D eigenvalue weighted by Gasteiger charge is 2.00. The van der Waals surface area contributed by atoms with Crippen LogP contribution in [0.4, 0.5) is 16.2 Å². The van der Waals surface area contributed by atoms with Crippen LogP contribution in [0.3, 0.4) is 0 Å². The first-order valence-electron chi connectivity index (χ1n) is 7.83. The van der Waals surface area contributed by atoms with E-state index in [4.69, 9.17) is 0 Å². The molecule has 1 aromatic carbocycles. The summed E-state index contributed by atoms with van der Waals surface area (Å²) in [5.74, 6) is 1.22.